The van der Waals surface area contributed by atoms with E-state index in [-0.39, 0.29) is 18.1 Å². The quantitative estimate of drug-likeness (QED) is 0.811. The lowest BCUT2D eigenvalue weighted by atomic mass is 9.99. The zero-order valence-corrected chi connectivity index (χ0v) is 13.6. The lowest BCUT2D eigenvalue weighted by Gasteiger charge is -2.40. The van der Waals surface area contributed by atoms with Crippen LogP contribution >= 0.6 is 0 Å². The highest BCUT2D eigenvalue weighted by Crippen LogP contribution is 2.20. The van der Waals surface area contributed by atoms with Gasteiger partial charge >= 0.3 is 0 Å². The SMILES string of the molecule is CCC(C)C1NC(C)N(CC2CN(C)CCN2C)C1=O. The van der Waals surface area contributed by atoms with Crippen LogP contribution in [0, 0.1) is 5.92 Å². The lowest BCUT2D eigenvalue weighted by molar-refractivity contribution is -0.131. The highest BCUT2D eigenvalue weighted by Gasteiger charge is 2.40. The van der Waals surface area contributed by atoms with E-state index < -0.39 is 0 Å². The summed E-state index contributed by atoms with van der Waals surface area (Å²) in [5.74, 6) is 0.690. The van der Waals surface area contributed by atoms with Crippen LogP contribution in [0.3, 0.4) is 0 Å². The largest absolute Gasteiger partial charge is 0.324 e. The van der Waals surface area contributed by atoms with Crippen molar-refractivity contribution < 1.29 is 4.79 Å². The molecule has 20 heavy (non-hydrogen) atoms. The average Bonchev–Trinajstić information content (AvgIpc) is 2.70. The molecule has 0 aromatic heterocycles. The number of carbonyl (C=O) groups is 1. The molecule has 0 aromatic carbocycles. The zero-order valence-electron chi connectivity index (χ0n) is 13.6. The molecule has 0 saturated carbocycles. The first kappa shape index (κ1) is 15.7. The van der Waals surface area contributed by atoms with Crippen molar-refractivity contribution in [1.82, 2.24) is 20.0 Å². The Balaban J connectivity index is 2.00. The van der Waals surface area contributed by atoms with Crippen molar-refractivity contribution in [3.05, 3.63) is 0 Å². The van der Waals surface area contributed by atoms with Crippen molar-refractivity contribution in [2.24, 2.45) is 5.92 Å². The van der Waals surface area contributed by atoms with E-state index in [0.29, 0.717) is 12.0 Å². The van der Waals surface area contributed by atoms with Gasteiger partial charge in [0.05, 0.1) is 12.2 Å². The first-order chi connectivity index (χ1) is 9.43. The van der Waals surface area contributed by atoms with Crippen LogP contribution in [0.2, 0.25) is 0 Å². The average molecular weight is 282 g/mol. The third kappa shape index (κ3) is 3.15. The third-order valence-electron chi connectivity index (χ3n) is 5.04. The van der Waals surface area contributed by atoms with Gasteiger partial charge in [0.2, 0.25) is 5.91 Å². The molecule has 1 amide bonds. The van der Waals surface area contributed by atoms with Gasteiger partial charge in [-0.3, -0.25) is 15.0 Å². The highest BCUT2D eigenvalue weighted by molar-refractivity contribution is 5.84. The Morgan fingerprint density at radius 1 is 1.35 bits per heavy atom. The maximum absolute atomic E-state index is 12.6. The monoisotopic (exact) mass is 282 g/mol. The number of hydrogen-bond donors (Lipinski definition) is 1. The molecule has 5 nitrogen and oxygen atoms in total. The van der Waals surface area contributed by atoms with Gasteiger partial charge in [0, 0.05) is 32.2 Å². The predicted octanol–water partition coefficient (Wildman–Crippen LogP) is 0.425. The summed E-state index contributed by atoms with van der Waals surface area (Å²) in [5.41, 5.74) is 0. The van der Waals surface area contributed by atoms with Crippen molar-refractivity contribution >= 4 is 5.91 Å². The number of carbonyl (C=O) groups excluding carboxylic acids is 1. The Kier molecular flexibility index (Phi) is 5.04. The first-order valence-corrected chi connectivity index (χ1v) is 7.89. The summed E-state index contributed by atoms with van der Waals surface area (Å²) in [7, 11) is 4.33. The van der Waals surface area contributed by atoms with E-state index in [2.05, 4.69) is 50.0 Å². The molecule has 4 unspecified atom stereocenters. The summed E-state index contributed by atoms with van der Waals surface area (Å²) in [6, 6.07) is 0.444. The van der Waals surface area contributed by atoms with Gasteiger partial charge in [-0.25, -0.2) is 0 Å². The van der Waals surface area contributed by atoms with Crippen LogP contribution in [0.1, 0.15) is 27.2 Å². The van der Waals surface area contributed by atoms with Crippen LogP contribution in [0.5, 0.6) is 0 Å². The van der Waals surface area contributed by atoms with Crippen LogP contribution in [0.25, 0.3) is 0 Å². The van der Waals surface area contributed by atoms with E-state index in [1.54, 1.807) is 0 Å². The maximum atomic E-state index is 12.6. The maximum Gasteiger partial charge on any atom is 0.241 e. The summed E-state index contributed by atoms with van der Waals surface area (Å²) in [4.78, 5) is 19.4. The molecule has 0 aromatic rings. The van der Waals surface area contributed by atoms with E-state index in [1.807, 2.05) is 4.90 Å². The Morgan fingerprint density at radius 3 is 2.70 bits per heavy atom. The summed E-state index contributed by atoms with van der Waals surface area (Å²) in [6.07, 6.45) is 1.19. The number of hydrogen-bond acceptors (Lipinski definition) is 4. The minimum absolute atomic E-state index is 0.00151. The van der Waals surface area contributed by atoms with Crippen molar-refractivity contribution in [3.8, 4) is 0 Å². The second kappa shape index (κ2) is 6.41. The number of amides is 1. The molecule has 2 aliphatic heterocycles. The topological polar surface area (TPSA) is 38.8 Å². The molecule has 0 radical (unpaired) electrons. The molecule has 0 spiro atoms. The van der Waals surface area contributed by atoms with Gasteiger partial charge in [-0.2, -0.15) is 0 Å². The third-order valence-corrected chi connectivity index (χ3v) is 5.04. The molecule has 2 fully saturated rings. The number of likely N-dealkylation sites (N-methyl/N-ethyl adjacent to an activating group) is 2. The molecule has 5 heteroatoms. The second-order valence-electron chi connectivity index (χ2n) is 6.59. The summed E-state index contributed by atoms with van der Waals surface area (Å²) in [6.45, 7) is 10.5. The molecular formula is C15H30N4O. The van der Waals surface area contributed by atoms with Gasteiger partial charge in [-0.1, -0.05) is 20.3 Å². The first-order valence-electron chi connectivity index (χ1n) is 7.89. The molecule has 2 aliphatic rings. The van der Waals surface area contributed by atoms with Gasteiger partial charge in [0.15, 0.2) is 0 Å². The van der Waals surface area contributed by atoms with Gasteiger partial charge in [-0.15, -0.1) is 0 Å². The fraction of sp³-hybridized carbons (Fsp3) is 0.933. The standard InChI is InChI=1S/C15H30N4O/c1-6-11(2)14-15(20)19(12(3)16-14)10-13-9-17(4)7-8-18(13)5/h11-14,16H,6-10H2,1-5H3. The molecule has 2 saturated heterocycles. The number of nitrogens with one attached hydrogen (secondary N) is 1. The van der Waals surface area contributed by atoms with Crippen molar-refractivity contribution in [1.29, 1.82) is 0 Å². The van der Waals surface area contributed by atoms with E-state index >= 15 is 0 Å². The minimum atomic E-state index is 0.00151. The molecule has 0 bridgehead atoms. The van der Waals surface area contributed by atoms with Crippen LogP contribution in [-0.2, 0) is 4.79 Å². The highest BCUT2D eigenvalue weighted by atomic mass is 16.2. The van der Waals surface area contributed by atoms with E-state index in [0.717, 1.165) is 32.6 Å². The molecule has 2 heterocycles. The van der Waals surface area contributed by atoms with Crippen molar-refractivity contribution in [3.63, 3.8) is 0 Å². The molecule has 116 valence electrons. The summed E-state index contributed by atoms with van der Waals surface area (Å²) < 4.78 is 0. The molecule has 1 N–H and O–H groups in total. The summed E-state index contributed by atoms with van der Waals surface area (Å²) >= 11 is 0. The Hall–Kier alpha value is -0.650. The predicted molar refractivity (Wildman–Crippen MR) is 81.5 cm³/mol. The number of piperazine rings is 1. The van der Waals surface area contributed by atoms with Gasteiger partial charge in [0.25, 0.3) is 0 Å². The van der Waals surface area contributed by atoms with E-state index in [1.165, 1.54) is 0 Å². The van der Waals surface area contributed by atoms with Crippen LogP contribution in [0.15, 0.2) is 0 Å². The van der Waals surface area contributed by atoms with Gasteiger partial charge in [-0.05, 0) is 26.9 Å². The van der Waals surface area contributed by atoms with Crippen LogP contribution in [-0.4, -0.2) is 79.1 Å². The van der Waals surface area contributed by atoms with E-state index in [9.17, 15) is 4.79 Å². The normalized spacial score (nSPS) is 34.8. The fourth-order valence-corrected chi connectivity index (χ4v) is 3.21. The van der Waals surface area contributed by atoms with Gasteiger partial charge in [0.1, 0.15) is 0 Å². The molecule has 0 aliphatic carbocycles. The smallest absolute Gasteiger partial charge is 0.241 e. The second-order valence-corrected chi connectivity index (χ2v) is 6.59. The number of rotatable bonds is 4. The Morgan fingerprint density at radius 2 is 2.05 bits per heavy atom. The van der Waals surface area contributed by atoms with Crippen LogP contribution in [0.4, 0.5) is 0 Å². The molecule has 2 rings (SSSR count). The minimum Gasteiger partial charge on any atom is -0.324 e. The molecule has 4 atom stereocenters. The van der Waals surface area contributed by atoms with E-state index in [4.69, 9.17) is 0 Å². The van der Waals surface area contributed by atoms with Crippen molar-refractivity contribution in [2.75, 3.05) is 40.3 Å². The Bertz CT molecular complexity index is 349. The van der Waals surface area contributed by atoms with Crippen molar-refractivity contribution in [2.45, 2.75) is 45.4 Å². The van der Waals surface area contributed by atoms with Gasteiger partial charge < -0.3 is 9.80 Å². The van der Waals surface area contributed by atoms with Crippen LogP contribution < -0.4 is 5.32 Å². The summed E-state index contributed by atoms with van der Waals surface area (Å²) in [5, 5.41) is 3.46. The lowest BCUT2D eigenvalue weighted by Crippen LogP contribution is -2.55. The number of nitrogens with zero attached hydrogens (tertiary/aromatic N) is 3. The fourth-order valence-electron chi connectivity index (χ4n) is 3.21. The Labute approximate surface area is 123 Å². The molecular weight excluding hydrogens is 252 g/mol. The zero-order chi connectivity index (χ0) is 14.9.